The lowest BCUT2D eigenvalue weighted by molar-refractivity contribution is 0.0955. The Balaban J connectivity index is 1.62. The normalized spacial score (nSPS) is 14.3. The average Bonchev–Trinajstić information content (AvgIpc) is 3.04. The molecule has 138 valence electrons. The van der Waals surface area contributed by atoms with Crippen molar-refractivity contribution in [3.8, 4) is 10.4 Å². The van der Waals surface area contributed by atoms with Crippen LogP contribution in [-0.2, 0) is 22.1 Å². The van der Waals surface area contributed by atoms with Gasteiger partial charge in [0.05, 0.1) is 15.5 Å². The van der Waals surface area contributed by atoms with Gasteiger partial charge in [0.15, 0.2) is 9.84 Å². The van der Waals surface area contributed by atoms with Crippen LogP contribution in [0.4, 0.5) is 0 Å². The number of rotatable bonds is 3. The van der Waals surface area contributed by atoms with E-state index in [1.807, 2.05) is 50.2 Å². The molecular formula is C21H19NO3S2. The van der Waals surface area contributed by atoms with Crippen LogP contribution in [0, 0.1) is 13.8 Å². The number of benzene rings is 2. The van der Waals surface area contributed by atoms with E-state index in [0.29, 0.717) is 27.4 Å². The van der Waals surface area contributed by atoms with Gasteiger partial charge in [-0.05, 0) is 42.7 Å². The summed E-state index contributed by atoms with van der Waals surface area (Å²) in [4.78, 5) is 14.4. The molecule has 0 radical (unpaired) electrons. The minimum atomic E-state index is -3.37. The van der Waals surface area contributed by atoms with E-state index in [9.17, 15) is 13.2 Å². The fraction of sp³-hybridized carbons (Fsp3) is 0.190. The number of sulfone groups is 1. The smallest absolute Gasteiger partial charge is 0.261 e. The first-order valence-corrected chi connectivity index (χ1v) is 11.1. The number of carbonyl (C=O) groups is 1. The minimum absolute atomic E-state index is 0.0550. The van der Waals surface area contributed by atoms with E-state index in [0.717, 1.165) is 16.0 Å². The Kier molecular flexibility index (Phi) is 4.40. The van der Waals surface area contributed by atoms with E-state index in [4.69, 9.17) is 0 Å². The van der Waals surface area contributed by atoms with Crippen molar-refractivity contribution in [3.05, 3.63) is 75.7 Å². The molecule has 2 heterocycles. The molecule has 0 saturated heterocycles. The van der Waals surface area contributed by atoms with Crippen LogP contribution in [0.25, 0.3) is 10.4 Å². The Hall–Kier alpha value is -2.44. The SMILES string of the molecule is Cc1ccc(CNC(=O)c2cc3c(s2)-c2ccc(C)cc2S(=O)(=O)C3)cc1. The third-order valence-corrected chi connectivity index (χ3v) is 7.58. The van der Waals surface area contributed by atoms with Crippen molar-refractivity contribution < 1.29 is 13.2 Å². The summed E-state index contributed by atoms with van der Waals surface area (Å²) in [5, 5.41) is 2.92. The van der Waals surface area contributed by atoms with Crippen molar-refractivity contribution >= 4 is 27.1 Å². The molecule has 1 aliphatic heterocycles. The fourth-order valence-electron chi connectivity index (χ4n) is 3.21. The summed E-state index contributed by atoms with van der Waals surface area (Å²) in [6.07, 6.45) is 0. The van der Waals surface area contributed by atoms with Crippen LogP contribution in [0.5, 0.6) is 0 Å². The molecule has 1 N–H and O–H groups in total. The molecule has 4 rings (SSSR count). The van der Waals surface area contributed by atoms with E-state index in [-0.39, 0.29) is 11.7 Å². The van der Waals surface area contributed by atoms with Gasteiger partial charge in [-0.25, -0.2) is 8.42 Å². The lowest BCUT2D eigenvalue weighted by Crippen LogP contribution is -2.21. The Morgan fingerprint density at radius 1 is 1.04 bits per heavy atom. The van der Waals surface area contributed by atoms with Crippen LogP contribution in [0.3, 0.4) is 0 Å². The molecule has 0 fully saturated rings. The summed E-state index contributed by atoms with van der Waals surface area (Å²) in [6, 6.07) is 15.2. The largest absolute Gasteiger partial charge is 0.347 e. The summed E-state index contributed by atoms with van der Waals surface area (Å²) in [5.41, 5.74) is 4.51. The molecule has 4 nitrogen and oxygen atoms in total. The fourth-order valence-corrected chi connectivity index (χ4v) is 6.16. The van der Waals surface area contributed by atoms with Gasteiger partial charge in [-0.15, -0.1) is 11.3 Å². The first-order valence-electron chi connectivity index (χ1n) is 8.64. The lowest BCUT2D eigenvalue weighted by atomic mass is 10.1. The predicted molar refractivity (Wildman–Crippen MR) is 108 cm³/mol. The second-order valence-corrected chi connectivity index (χ2v) is 9.90. The number of aryl methyl sites for hydroxylation is 2. The number of thiophene rings is 1. The molecule has 6 heteroatoms. The number of amides is 1. The van der Waals surface area contributed by atoms with Crippen molar-refractivity contribution in [1.82, 2.24) is 5.32 Å². The number of nitrogens with one attached hydrogen (secondary N) is 1. The van der Waals surface area contributed by atoms with Gasteiger partial charge in [-0.2, -0.15) is 0 Å². The number of fused-ring (bicyclic) bond motifs is 3. The molecular weight excluding hydrogens is 378 g/mol. The quantitative estimate of drug-likeness (QED) is 0.719. The van der Waals surface area contributed by atoms with Crippen LogP contribution in [-0.4, -0.2) is 14.3 Å². The van der Waals surface area contributed by atoms with Gasteiger partial charge >= 0.3 is 0 Å². The Morgan fingerprint density at radius 3 is 2.48 bits per heavy atom. The highest BCUT2D eigenvalue weighted by molar-refractivity contribution is 7.91. The zero-order valence-corrected chi connectivity index (χ0v) is 16.7. The average molecular weight is 398 g/mol. The van der Waals surface area contributed by atoms with Gasteiger partial charge in [0, 0.05) is 17.0 Å². The standard InChI is InChI=1S/C21H19NO3S2/c1-13-3-6-15(7-4-13)11-22-21(23)18-10-16-12-27(24,25)19-9-14(2)5-8-17(19)20(16)26-18/h3-10H,11-12H2,1-2H3,(H,22,23). The Bertz CT molecular complexity index is 1140. The van der Waals surface area contributed by atoms with Crippen LogP contribution >= 0.6 is 11.3 Å². The maximum atomic E-state index is 12.6. The van der Waals surface area contributed by atoms with E-state index in [1.165, 1.54) is 16.9 Å². The second kappa shape index (κ2) is 6.62. The third kappa shape index (κ3) is 3.42. The van der Waals surface area contributed by atoms with Gasteiger partial charge in [0.25, 0.3) is 5.91 Å². The maximum Gasteiger partial charge on any atom is 0.261 e. The highest BCUT2D eigenvalue weighted by Crippen LogP contribution is 2.43. The van der Waals surface area contributed by atoms with Crippen LogP contribution in [0.15, 0.2) is 53.4 Å². The van der Waals surface area contributed by atoms with Crippen molar-refractivity contribution in [2.45, 2.75) is 31.0 Å². The van der Waals surface area contributed by atoms with E-state index in [1.54, 1.807) is 12.1 Å². The molecule has 0 aliphatic carbocycles. The van der Waals surface area contributed by atoms with Crippen molar-refractivity contribution in [2.75, 3.05) is 0 Å². The van der Waals surface area contributed by atoms with Crippen LogP contribution in [0.2, 0.25) is 0 Å². The Labute approximate surface area is 162 Å². The predicted octanol–water partition coefficient (Wildman–Crippen LogP) is 4.25. The van der Waals surface area contributed by atoms with Gasteiger partial charge in [0.2, 0.25) is 0 Å². The summed E-state index contributed by atoms with van der Waals surface area (Å²) < 4.78 is 25.2. The zero-order valence-electron chi connectivity index (χ0n) is 15.1. The molecule has 0 saturated carbocycles. The molecule has 0 atom stereocenters. The van der Waals surface area contributed by atoms with E-state index >= 15 is 0 Å². The van der Waals surface area contributed by atoms with Gasteiger partial charge in [-0.3, -0.25) is 4.79 Å². The summed E-state index contributed by atoms with van der Waals surface area (Å²) >= 11 is 1.35. The highest BCUT2D eigenvalue weighted by atomic mass is 32.2. The van der Waals surface area contributed by atoms with E-state index < -0.39 is 9.84 Å². The zero-order chi connectivity index (χ0) is 19.2. The van der Waals surface area contributed by atoms with Crippen molar-refractivity contribution in [2.24, 2.45) is 0 Å². The number of hydrogen-bond acceptors (Lipinski definition) is 4. The molecule has 1 amide bonds. The molecule has 2 aromatic carbocycles. The molecule has 3 aromatic rings. The van der Waals surface area contributed by atoms with Crippen LogP contribution < -0.4 is 5.32 Å². The molecule has 0 unspecified atom stereocenters. The topological polar surface area (TPSA) is 63.2 Å². The minimum Gasteiger partial charge on any atom is -0.347 e. The third-order valence-electron chi connectivity index (χ3n) is 4.67. The first kappa shape index (κ1) is 17.9. The van der Waals surface area contributed by atoms with Gasteiger partial charge in [-0.1, -0.05) is 42.0 Å². The molecule has 0 spiro atoms. The monoisotopic (exact) mass is 397 g/mol. The summed E-state index contributed by atoms with van der Waals surface area (Å²) in [6.45, 7) is 4.34. The summed E-state index contributed by atoms with van der Waals surface area (Å²) in [5.74, 6) is -0.235. The van der Waals surface area contributed by atoms with Gasteiger partial charge < -0.3 is 5.32 Å². The maximum absolute atomic E-state index is 12.6. The number of carbonyl (C=O) groups excluding carboxylic acids is 1. The first-order chi connectivity index (χ1) is 12.8. The molecule has 1 aliphatic rings. The van der Waals surface area contributed by atoms with Crippen molar-refractivity contribution in [1.29, 1.82) is 0 Å². The molecule has 27 heavy (non-hydrogen) atoms. The van der Waals surface area contributed by atoms with Crippen LogP contribution in [0.1, 0.15) is 31.9 Å². The highest BCUT2D eigenvalue weighted by Gasteiger charge is 2.30. The second-order valence-electron chi connectivity index (χ2n) is 6.89. The lowest BCUT2D eigenvalue weighted by Gasteiger charge is -2.17. The Morgan fingerprint density at radius 2 is 1.74 bits per heavy atom. The number of hydrogen-bond donors (Lipinski definition) is 1. The van der Waals surface area contributed by atoms with Gasteiger partial charge in [0.1, 0.15) is 0 Å². The van der Waals surface area contributed by atoms with Crippen molar-refractivity contribution in [3.63, 3.8) is 0 Å². The summed E-state index contributed by atoms with van der Waals surface area (Å²) in [7, 11) is -3.37. The van der Waals surface area contributed by atoms with E-state index in [2.05, 4.69) is 5.32 Å². The molecule has 1 aromatic heterocycles. The molecule has 0 bridgehead atoms.